The van der Waals surface area contributed by atoms with E-state index in [1.807, 2.05) is 18.2 Å². The number of hydrogen-bond acceptors (Lipinski definition) is 2. The van der Waals surface area contributed by atoms with Crippen LogP contribution in [-0.4, -0.2) is 13.2 Å². The topological polar surface area (TPSA) is 18.5 Å². The molecule has 110 valence electrons. The number of benzene rings is 2. The van der Waals surface area contributed by atoms with E-state index in [4.69, 9.17) is 9.47 Å². The van der Waals surface area contributed by atoms with Crippen LogP contribution in [0.3, 0.4) is 0 Å². The molecule has 1 aliphatic rings. The Morgan fingerprint density at radius 1 is 1.19 bits per heavy atom. The third-order valence-electron chi connectivity index (χ3n) is 3.65. The normalized spacial score (nSPS) is 17.3. The molecule has 2 nitrogen and oxygen atoms in total. The molecule has 0 fully saturated rings. The molecule has 0 amide bonds. The molecule has 2 aromatic carbocycles. The van der Waals surface area contributed by atoms with Crippen LogP contribution in [0.5, 0.6) is 5.75 Å². The van der Waals surface area contributed by atoms with E-state index >= 15 is 0 Å². The Labute approximate surface area is 141 Å². The molecule has 1 heterocycles. The van der Waals surface area contributed by atoms with Crippen molar-refractivity contribution in [2.45, 2.75) is 17.9 Å². The van der Waals surface area contributed by atoms with Gasteiger partial charge in [0.15, 0.2) is 0 Å². The minimum atomic E-state index is 0.0195. The Bertz CT molecular complexity index is 628. The Morgan fingerprint density at radius 3 is 2.90 bits per heavy atom. The van der Waals surface area contributed by atoms with Crippen molar-refractivity contribution in [3.05, 3.63) is 63.6 Å². The summed E-state index contributed by atoms with van der Waals surface area (Å²) in [6, 6.07) is 14.5. The summed E-state index contributed by atoms with van der Waals surface area (Å²) in [4.78, 5) is 0. The van der Waals surface area contributed by atoms with Crippen molar-refractivity contribution < 1.29 is 9.47 Å². The predicted molar refractivity (Wildman–Crippen MR) is 91.1 cm³/mol. The summed E-state index contributed by atoms with van der Waals surface area (Å²) in [7, 11) is 0. The summed E-state index contributed by atoms with van der Waals surface area (Å²) in [6.45, 7) is 1.30. The highest BCUT2D eigenvalue weighted by molar-refractivity contribution is 9.10. The van der Waals surface area contributed by atoms with Gasteiger partial charge in [-0.1, -0.05) is 56.1 Å². The van der Waals surface area contributed by atoms with Crippen LogP contribution >= 0.6 is 31.9 Å². The number of halogens is 2. The number of fused-ring (bicyclic) bond motifs is 1. The molecule has 0 saturated carbocycles. The average Bonchev–Trinajstić information content (AvgIpc) is 2.54. The van der Waals surface area contributed by atoms with Crippen molar-refractivity contribution >= 4 is 31.9 Å². The molecule has 0 saturated heterocycles. The molecule has 0 aromatic heterocycles. The quantitative estimate of drug-likeness (QED) is 0.656. The van der Waals surface area contributed by atoms with Gasteiger partial charge in [0.1, 0.15) is 18.5 Å². The number of hydrogen-bond donors (Lipinski definition) is 0. The Kier molecular flexibility index (Phi) is 4.99. The van der Waals surface area contributed by atoms with Gasteiger partial charge in [-0.3, -0.25) is 0 Å². The SMILES string of the molecule is BrCc1cc(OCC2OCCc3ccccc32)ccc1Br. The van der Waals surface area contributed by atoms with E-state index in [-0.39, 0.29) is 6.10 Å². The van der Waals surface area contributed by atoms with Crippen LogP contribution in [-0.2, 0) is 16.5 Å². The van der Waals surface area contributed by atoms with Gasteiger partial charge < -0.3 is 9.47 Å². The smallest absolute Gasteiger partial charge is 0.119 e. The molecule has 0 N–H and O–H groups in total. The van der Waals surface area contributed by atoms with E-state index in [0.29, 0.717) is 6.61 Å². The van der Waals surface area contributed by atoms with Gasteiger partial charge in [-0.05, 0) is 41.3 Å². The van der Waals surface area contributed by atoms with Gasteiger partial charge in [-0.2, -0.15) is 0 Å². The first-order valence-corrected chi connectivity index (χ1v) is 8.86. The molecule has 0 radical (unpaired) electrons. The summed E-state index contributed by atoms with van der Waals surface area (Å²) in [6.07, 6.45) is 1.00. The second-order valence-electron chi connectivity index (χ2n) is 5.01. The standard InChI is InChI=1S/C17H16Br2O2/c18-10-13-9-14(5-6-16(13)19)21-11-17-15-4-2-1-3-12(15)7-8-20-17/h1-6,9,17H,7-8,10-11H2. The second-order valence-corrected chi connectivity index (χ2v) is 6.42. The van der Waals surface area contributed by atoms with Gasteiger partial charge in [0.25, 0.3) is 0 Å². The summed E-state index contributed by atoms with van der Waals surface area (Å²) >= 11 is 7.01. The Hall–Kier alpha value is -0.840. The molecule has 1 aliphatic heterocycles. The highest BCUT2D eigenvalue weighted by Gasteiger charge is 2.21. The van der Waals surface area contributed by atoms with Crippen LogP contribution in [0.1, 0.15) is 22.8 Å². The highest BCUT2D eigenvalue weighted by atomic mass is 79.9. The maximum Gasteiger partial charge on any atom is 0.119 e. The maximum atomic E-state index is 5.93. The van der Waals surface area contributed by atoms with Crippen molar-refractivity contribution in [1.29, 1.82) is 0 Å². The lowest BCUT2D eigenvalue weighted by Crippen LogP contribution is -2.21. The van der Waals surface area contributed by atoms with E-state index < -0.39 is 0 Å². The van der Waals surface area contributed by atoms with E-state index in [2.05, 4.69) is 56.1 Å². The van der Waals surface area contributed by atoms with Gasteiger partial charge in [-0.15, -0.1) is 0 Å². The van der Waals surface area contributed by atoms with Crippen LogP contribution in [0.25, 0.3) is 0 Å². The van der Waals surface area contributed by atoms with Crippen LogP contribution in [0.2, 0.25) is 0 Å². The summed E-state index contributed by atoms with van der Waals surface area (Å²) in [5.74, 6) is 0.874. The van der Waals surface area contributed by atoms with E-state index in [1.54, 1.807) is 0 Å². The fraction of sp³-hybridized carbons (Fsp3) is 0.294. The lowest BCUT2D eigenvalue weighted by Gasteiger charge is -2.26. The summed E-state index contributed by atoms with van der Waals surface area (Å²) in [5, 5.41) is 0.799. The van der Waals surface area contributed by atoms with Gasteiger partial charge in [0.05, 0.1) is 6.61 Å². The zero-order valence-electron chi connectivity index (χ0n) is 11.5. The average molecular weight is 412 g/mol. The first kappa shape index (κ1) is 15.1. The molecule has 4 heteroatoms. The summed E-state index contributed by atoms with van der Waals surface area (Å²) in [5.41, 5.74) is 3.80. The molecule has 1 unspecified atom stereocenters. The van der Waals surface area contributed by atoms with Crippen molar-refractivity contribution in [3.8, 4) is 5.75 Å². The van der Waals surface area contributed by atoms with Crippen molar-refractivity contribution in [3.63, 3.8) is 0 Å². The minimum absolute atomic E-state index is 0.0195. The number of rotatable bonds is 4. The first-order valence-electron chi connectivity index (χ1n) is 6.94. The van der Waals surface area contributed by atoms with Crippen LogP contribution < -0.4 is 4.74 Å². The van der Waals surface area contributed by atoms with Crippen LogP contribution in [0.15, 0.2) is 46.9 Å². The molecule has 2 aromatic rings. The van der Waals surface area contributed by atoms with Gasteiger partial charge >= 0.3 is 0 Å². The molecule has 0 aliphatic carbocycles. The van der Waals surface area contributed by atoms with E-state index in [0.717, 1.165) is 28.6 Å². The Morgan fingerprint density at radius 2 is 2.05 bits per heavy atom. The Balaban J connectivity index is 1.71. The fourth-order valence-electron chi connectivity index (χ4n) is 2.53. The van der Waals surface area contributed by atoms with Gasteiger partial charge in [-0.25, -0.2) is 0 Å². The highest BCUT2D eigenvalue weighted by Crippen LogP contribution is 2.29. The van der Waals surface area contributed by atoms with Crippen molar-refractivity contribution in [2.75, 3.05) is 13.2 Å². The molecule has 3 rings (SSSR count). The third-order valence-corrected chi connectivity index (χ3v) is 5.03. The van der Waals surface area contributed by atoms with Crippen molar-refractivity contribution in [2.24, 2.45) is 0 Å². The molecule has 0 spiro atoms. The summed E-state index contributed by atoms with van der Waals surface area (Å²) < 4.78 is 12.9. The fourth-order valence-corrected chi connectivity index (χ4v) is 3.76. The van der Waals surface area contributed by atoms with Crippen molar-refractivity contribution in [1.82, 2.24) is 0 Å². The van der Waals surface area contributed by atoms with Gasteiger partial charge in [0.2, 0.25) is 0 Å². The predicted octanol–water partition coefficient (Wildman–Crippen LogP) is 5.04. The lowest BCUT2D eigenvalue weighted by atomic mass is 9.98. The van der Waals surface area contributed by atoms with Crippen LogP contribution in [0.4, 0.5) is 0 Å². The molecule has 1 atom stereocenters. The zero-order chi connectivity index (χ0) is 14.7. The maximum absolute atomic E-state index is 5.93. The zero-order valence-corrected chi connectivity index (χ0v) is 14.7. The third kappa shape index (κ3) is 3.50. The molecule has 21 heavy (non-hydrogen) atoms. The van der Waals surface area contributed by atoms with E-state index in [9.17, 15) is 0 Å². The first-order chi connectivity index (χ1) is 10.3. The molecular formula is C17H16Br2O2. The molecule has 0 bridgehead atoms. The largest absolute Gasteiger partial charge is 0.491 e. The lowest BCUT2D eigenvalue weighted by molar-refractivity contribution is 0.0102. The number of alkyl halides is 1. The minimum Gasteiger partial charge on any atom is -0.491 e. The second kappa shape index (κ2) is 6.95. The molecular weight excluding hydrogens is 396 g/mol. The monoisotopic (exact) mass is 410 g/mol. The number of ether oxygens (including phenoxy) is 2. The van der Waals surface area contributed by atoms with Gasteiger partial charge in [0, 0.05) is 9.80 Å². The van der Waals surface area contributed by atoms with E-state index in [1.165, 1.54) is 16.7 Å². The van der Waals surface area contributed by atoms with Crippen LogP contribution in [0, 0.1) is 0 Å².